The van der Waals surface area contributed by atoms with Crippen LogP contribution < -0.4 is 27.4 Å². The molecule has 0 aliphatic rings. The van der Waals surface area contributed by atoms with Crippen molar-refractivity contribution < 1.29 is 34.2 Å². The topological polar surface area (TPSA) is 214 Å². The zero-order chi connectivity index (χ0) is 22.6. The maximum absolute atomic E-state index is 12.5. The van der Waals surface area contributed by atoms with Gasteiger partial charge in [-0.2, -0.15) is 0 Å². The molecule has 9 N–H and O–H groups in total. The Bertz CT molecular complexity index is 597. The Balaban J connectivity index is 4.88. The van der Waals surface area contributed by atoms with Crippen molar-refractivity contribution in [2.75, 3.05) is 13.1 Å². The summed E-state index contributed by atoms with van der Waals surface area (Å²) >= 11 is 0. The minimum absolute atomic E-state index is 0.228. The summed E-state index contributed by atoms with van der Waals surface area (Å²) in [7, 11) is 0. The van der Waals surface area contributed by atoms with E-state index >= 15 is 0 Å². The van der Waals surface area contributed by atoms with Crippen LogP contribution in [0, 0.1) is 5.92 Å². The molecular formula is C17H31N5O7. The van der Waals surface area contributed by atoms with Crippen LogP contribution in [0.1, 0.15) is 39.5 Å². The average molecular weight is 417 g/mol. The summed E-state index contributed by atoms with van der Waals surface area (Å²) in [4.78, 5) is 58.1. The number of rotatable bonds is 14. The molecule has 0 bridgehead atoms. The first-order chi connectivity index (χ1) is 13.5. The number of carbonyl (C=O) groups is 5. The van der Waals surface area contributed by atoms with E-state index in [-0.39, 0.29) is 12.3 Å². The average Bonchev–Trinajstić information content (AvgIpc) is 2.61. The molecule has 0 saturated carbocycles. The van der Waals surface area contributed by atoms with Crippen LogP contribution in [0.5, 0.6) is 0 Å². The fraction of sp³-hybridized carbons (Fsp3) is 0.706. The van der Waals surface area contributed by atoms with Crippen LogP contribution in [0.4, 0.5) is 0 Å². The SMILES string of the molecule is CC(C)C(NC(=O)C(CCCCN)NC(=O)CNC(=O)C(N)CC(=O)O)C(=O)O. The van der Waals surface area contributed by atoms with Gasteiger partial charge in [0.25, 0.3) is 0 Å². The second-order valence-electron chi connectivity index (χ2n) is 6.90. The van der Waals surface area contributed by atoms with Gasteiger partial charge in [0.15, 0.2) is 0 Å². The highest BCUT2D eigenvalue weighted by Crippen LogP contribution is 2.05. The molecule has 0 aromatic heterocycles. The Morgan fingerprint density at radius 3 is 2.07 bits per heavy atom. The van der Waals surface area contributed by atoms with E-state index in [1.807, 2.05) is 0 Å². The van der Waals surface area contributed by atoms with Crippen LogP contribution in [0.25, 0.3) is 0 Å². The lowest BCUT2D eigenvalue weighted by molar-refractivity contribution is -0.143. The van der Waals surface area contributed by atoms with E-state index < -0.39 is 60.8 Å². The van der Waals surface area contributed by atoms with Crippen LogP contribution in [0.3, 0.4) is 0 Å². The summed E-state index contributed by atoms with van der Waals surface area (Å²) in [5.41, 5.74) is 10.8. The number of carbonyl (C=O) groups excluding carboxylic acids is 3. The summed E-state index contributed by atoms with van der Waals surface area (Å²) in [5.74, 6) is -5.01. The fourth-order valence-electron chi connectivity index (χ4n) is 2.35. The van der Waals surface area contributed by atoms with Crippen LogP contribution in [0.2, 0.25) is 0 Å². The van der Waals surface area contributed by atoms with Gasteiger partial charge in [0.2, 0.25) is 17.7 Å². The minimum atomic E-state index is -1.31. The number of aliphatic carboxylic acids is 2. The number of hydrogen-bond acceptors (Lipinski definition) is 7. The van der Waals surface area contributed by atoms with E-state index in [0.29, 0.717) is 19.4 Å². The Labute approximate surface area is 168 Å². The highest BCUT2D eigenvalue weighted by molar-refractivity contribution is 5.93. The van der Waals surface area contributed by atoms with Crippen molar-refractivity contribution in [3.05, 3.63) is 0 Å². The third-order valence-electron chi connectivity index (χ3n) is 3.98. The highest BCUT2D eigenvalue weighted by Gasteiger charge is 2.28. The van der Waals surface area contributed by atoms with Crippen molar-refractivity contribution in [3.8, 4) is 0 Å². The van der Waals surface area contributed by atoms with Gasteiger partial charge in [-0.3, -0.25) is 19.2 Å². The van der Waals surface area contributed by atoms with Gasteiger partial charge < -0.3 is 37.6 Å². The second-order valence-corrected chi connectivity index (χ2v) is 6.90. The van der Waals surface area contributed by atoms with Crippen LogP contribution >= 0.6 is 0 Å². The lowest BCUT2D eigenvalue weighted by Gasteiger charge is -2.23. The maximum Gasteiger partial charge on any atom is 0.326 e. The first kappa shape index (κ1) is 26.3. The van der Waals surface area contributed by atoms with E-state index in [1.54, 1.807) is 13.8 Å². The van der Waals surface area contributed by atoms with Gasteiger partial charge in [0, 0.05) is 0 Å². The number of amides is 3. The maximum atomic E-state index is 12.5. The third kappa shape index (κ3) is 11.0. The van der Waals surface area contributed by atoms with Gasteiger partial charge in [-0.05, 0) is 31.7 Å². The van der Waals surface area contributed by atoms with Gasteiger partial charge in [0.1, 0.15) is 12.1 Å². The van der Waals surface area contributed by atoms with Crippen molar-refractivity contribution in [1.82, 2.24) is 16.0 Å². The van der Waals surface area contributed by atoms with E-state index in [9.17, 15) is 29.1 Å². The molecule has 0 aromatic carbocycles. The first-order valence-electron chi connectivity index (χ1n) is 9.27. The normalized spacial score (nSPS) is 13.8. The molecule has 3 atom stereocenters. The monoisotopic (exact) mass is 417 g/mol. The summed E-state index contributed by atoms with van der Waals surface area (Å²) in [6, 6.07) is -3.45. The second kappa shape index (κ2) is 13.4. The lowest BCUT2D eigenvalue weighted by atomic mass is 10.0. The van der Waals surface area contributed by atoms with E-state index in [4.69, 9.17) is 16.6 Å². The first-order valence-corrected chi connectivity index (χ1v) is 9.27. The lowest BCUT2D eigenvalue weighted by Crippen LogP contribution is -2.54. The highest BCUT2D eigenvalue weighted by atomic mass is 16.4. The quantitative estimate of drug-likeness (QED) is 0.152. The zero-order valence-electron chi connectivity index (χ0n) is 16.6. The number of carboxylic acids is 2. The number of carboxylic acid groups (broad SMARTS) is 2. The standard InChI is InChI=1S/C17H31N5O7/c1-9(2)14(17(28)29)22-16(27)11(5-3-4-6-18)21-12(23)8-20-15(26)10(19)7-13(24)25/h9-11,14H,3-8,18-19H2,1-2H3,(H,20,26)(H,21,23)(H,22,27)(H,24,25)(H,28,29). The van der Waals surface area contributed by atoms with Gasteiger partial charge >= 0.3 is 11.9 Å². The van der Waals surface area contributed by atoms with E-state index in [1.165, 1.54) is 0 Å². The van der Waals surface area contributed by atoms with Gasteiger partial charge in [-0.1, -0.05) is 13.8 Å². The van der Waals surface area contributed by atoms with Crippen molar-refractivity contribution in [3.63, 3.8) is 0 Å². The zero-order valence-corrected chi connectivity index (χ0v) is 16.6. The summed E-state index contributed by atoms with van der Waals surface area (Å²) in [6.07, 6.45) is 0.756. The molecule has 0 aromatic rings. The number of nitrogens with one attached hydrogen (secondary N) is 3. The third-order valence-corrected chi connectivity index (χ3v) is 3.98. The molecule has 166 valence electrons. The summed E-state index contributed by atoms with van der Waals surface area (Å²) < 4.78 is 0. The summed E-state index contributed by atoms with van der Waals surface area (Å²) in [5, 5.41) is 24.8. The van der Waals surface area contributed by atoms with E-state index in [0.717, 1.165) is 0 Å². The number of nitrogens with two attached hydrogens (primary N) is 2. The van der Waals surface area contributed by atoms with Crippen molar-refractivity contribution in [2.45, 2.75) is 57.7 Å². The molecule has 3 amide bonds. The van der Waals surface area contributed by atoms with Crippen molar-refractivity contribution >= 4 is 29.7 Å². The number of hydrogen-bond donors (Lipinski definition) is 7. The summed E-state index contributed by atoms with van der Waals surface area (Å²) in [6.45, 7) is 3.15. The van der Waals surface area contributed by atoms with E-state index in [2.05, 4.69) is 16.0 Å². The smallest absolute Gasteiger partial charge is 0.326 e. The minimum Gasteiger partial charge on any atom is -0.481 e. The number of unbranched alkanes of at least 4 members (excludes halogenated alkanes) is 1. The van der Waals surface area contributed by atoms with Crippen LogP contribution in [0.15, 0.2) is 0 Å². The van der Waals surface area contributed by atoms with Crippen molar-refractivity contribution in [1.29, 1.82) is 0 Å². The molecule has 0 radical (unpaired) electrons. The molecule has 3 unspecified atom stereocenters. The van der Waals surface area contributed by atoms with Gasteiger partial charge in [-0.25, -0.2) is 4.79 Å². The van der Waals surface area contributed by atoms with Gasteiger partial charge in [0.05, 0.1) is 19.0 Å². The van der Waals surface area contributed by atoms with Crippen LogP contribution in [-0.2, 0) is 24.0 Å². The van der Waals surface area contributed by atoms with Crippen molar-refractivity contribution in [2.24, 2.45) is 17.4 Å². The predicted molar refractivity (Wildman–Crippen MR) is 102 cm³/mol. The predicted octanol–water partition coefficient (Wildman–Crippen LogP) is -2.26. The molecule has 12 nitrogen and oxygen atoms in total. The fourth-order valence-corrected chi connectivity index (χ4v) is 2.35. The Morgan fingerprint density at radius 1 is 0.966 bits per heavy atom. The molecule has 0 rings (SSSR count). The van der Waals surface area contributed by atoms with Gasteiger partial charge in [-0.15, -0.1) is 0 Å². The molecular weight excluding hydrogens is 386 g/mol. The largest absolute Gasteiger partial charge is 0.481 e. The molecule has 29 heavy (non-hydrogen) atoms. The Morgan fingerprint density at radius 2 is 1.59 bits per heavy atom. The molecule has 12 heteroatoms. The molecule has 0 aliphatic carbocycles. The molecule has 0 saturated heterocycles. The Kier molecular flexibility index (Phi) is 12.2. The molecule has 0 spiro atoms. The molecule has 0 aliphatic heterocycles. The molecule has 0 fully saturated rings. The Hall–Kier alpha value is -2.73. The molecule has 0 heterocycles. The van der Waals surface area contributed by atoms with Crippen LogP contribution in [-0.4, -0.2) is 71.1 Å².